The Morgan fingerprint density at radius 1 is 0.438 bits per heavy atom. The van der Waals surface area contributed by atoms with Gasteiger partial charge in [0.15, 0.2) is 0 Å². The summed E-state index contributed by atoms with van der Waals surface area (Å²) in [5.41, 5.74) is -1.59. The van der Waals surface area contributed by atoms with E-state index in [1.54, 1.807) is 41.5 Å². The van der Waals surface area contributed by atoms with Gasteiger partial charge in [-0.25, -0.2) is 4.79 Å². The number of rotatable bonds is 46. The van der Waals surface area contributed by atoms with E-state index in [1.165, 1.54) is 134 Å². The lowest BCUT2D eigenvalue weighted by Gasteiger charge is -2.25. The average molecular weight is 1060 g/mol. The van der Waals surface area contributed by atoms with Gasteiger partial charge < -0.3 is 40.2 Å². The SMILES string of the molecule is CCCCCCCCCCCCCCCC(=O)OCC(CSCC(=O)NCC(=O)NCC(=O)NCC(=O)N[C@@H](CCC(=O)OC(C)(C)C)C(=O)OC(C)(C)C)OC(=O)CCCCCCCCCCCCCCC. The van der Waals surface area contributed by atoms with E-state index in [0.717, 1.165) is 38.5 Å². The molecule has 0 aromatic rings. The van der Waals surface area contributed by atoms with Crippen LogP contribution < -0.4 is 21.3 Å². The molecule has 2 atom stereocenters. The molecular weight excluding hydrogens is 953 g/mol. The molecule has 0 spiro atoms. The lowest BCUT2D eigenvalue weighted by molar-refractivity contribution is -0.160. The molecule has 4 amide bonds. The monoisotopic (exact) mass is 1050 g/mol. The van der Waals surface area contributed by atoms with E-state index in [-0.39, 0.29) is 49.3 Å². The van der Waals surface area contributed by atoms with Crippen molar-refractivity contribution in [1.82, 2.24) is 21.3 Å². The molecule has 0 saturated carbocycles. The third-order valence-electron chi connectivity index (χ3n) is 11.7. The maximum Gasteiger partial charge on any atom is 0.329 e. The van der Waals surface area contributed by atoms with E-state index in [1.807, 2.05) is 0 Å². The first-order chi connectivity index (χ1) is 34.7. The Morgan fingerprint density at radius 2 is 0.822 bits per heavy atom. The number of carbonyl (C=O) groups excluding carboxylic acids is 8. The molecule has 0 aliphatic carbocycles. The molecule has 16 nitrogen and oxygen atoms in total. The first kappa shape index (κ1) is 69.1. The highest BCUT2D eigenvalue weighted by molar-refractivity contribution is 8.00. The average Bonchev–Trinajstić information content (AvgIpc) is 3.31. The predicted molar refractivity (Wildman–Crippen MR) is 291 cm³/mol. The number of unbranched alkanes of at least 4 members (excludes halogenated alkanes) is 24. The van der Waals surface area contributed by atoms with Gasteiger partial charge >= 0.3 is 23.9 Å². The molecule has 0 heterocycles. The highest BCUT2D eigenvalue weighted by Gasteiger charge is 2.28. The molecule has 73 heavy (non-hydrogen) atoms. The summed E-state index contributed by atoms with van der Waals surface area (Å²) < 4.78 is 22.0. The summed E-state index contributed by atoms with van der Waals surface area (Å²) in [7, 11) is 0. The Hall–Kier alpha value is -3.89. The van der Waals surface area contributed by atoms with Crippen molar-refractivity contribution in [2.45, 2.75) is 271 Å². The van der Waals surface area contributed by atoms with E-state index in [4.69, 9.17) is 18.9 Å². The van der Waals surface area contributed by atoms with E-state index in [2.05, 4.69) is 35.1 Å². The molecule has 0 aliphatic rings. The van der Waals surface area contributed by atoms with E-state index in [9.17, 15) is 38.4 Å². The van der Waals surface area contributed by atoms with Crippen molar-refractivity contribution in [3.8, 4) is 0 Å². The van der Waals surface area contributed by atoms with Crippen LogP contribution in [0.15, 0.2) is 0 Å². The Labute approximate surface area is 445 Å². The minimum absolute atomic E-state index is 0.0647. The van der Waals surface area contributed by atoms with E-state index < -0.39 is 78.5 Å². The molecule has 1 unspecified atom stereocenters. The zero-order chi connectivity index (χ0) is 54.6. The molecule has 0 aliphatic heterocycles. The summed E-state index contributed by atoms with van der Waals surface area (Å²) in [4.78, 5) is 101. The van der Waals surface area contributed by atoms with Gasteiger partial charge in [0.2, 0.25) is 23.6 Å². The number of carbonyl (C=O) groups is 8. The minimum atomic E-state index is -1.18. The van der Waals surface area contributed by atoms with Crippen molar-refractivity contribution >= 4 is 59.3 Å². The molecule has 424 valence electrons. The second kappa shape index (κ2) is 44.4. The van der Waals surface area contributed by atoms with Gasteiger partial charge in [-0.1, -0.05) is 168 Å². The molecule has 0 rings (SSSR count). The van der Waals surface area contributed by atoms with Gasteiger partial charge in [0.1, 0.15) is 30.0 Å². The van der Waals surface area contributed by atoms with Crippen molar-refractivity contribution in [3.05, 3.63) is 0 Å². The largest absolute Gasteiger partial charge is 0.462 e. The highest BCUT2D eigenvalue weighted by Crippen LogP contribution is 2.17. The first-order valence-corrected chi connectivity index (χ1v) is 29.4. The normalized spacial score (nSPS) is 12.3. The molecule has 0 aromatic carbocycles. The number of thioether (sulfide) groups is 1. The van der Waals surface area contributed by atoms with Crippen LogP contribution in [-0.4, -0.2) is 109 Å². The van der Waals surface area contributed by atoms with Crippen LogP contribution in [-0.2, 0) is 57.3 Å². The van der Waals surface area contributed by atoms with Crippen molar-refractivity contribution in [1.29, 1.82) is 0 Å². The van der Waals surface area contributed by atoms with Crippen LogP contribution in [0.25, 0.3) is 0 Å². The minimum Gasteiger partial charge on any atom is -0.462 e. The second-order valence-electron chi connectivity index (χ2n) is 21.4. The van der Waals surface area contributed by atoms with Gasteiger partial charge in [-0.15, -0.1) is 11.8 Å². The standard InChI is InChI=1S/C56H102N4O12S/c1-9-11-13-15-17-19-21-23-25-27-29-31-33-35-51(65)69-42-45(70-52(66)36-34-32-30-28-26-24-22-20-18-16-14-12-10-2)43-73-44-50(64)59-40-48(62)57-39-47(61)58-41-49(63)60-46(54(68)72-56(6,7)8)37-38-53(67)71-55(3,4)5/h45-46H,9-44H2,1-8H3,(H,57,62)(H,58,61)(H,59,64)(H,60,63)/t45?,46-/m0/s1. The van der Waals surface area contributed by atoms with Crippen LogP contribution in [0.3, 0.4) is 0 Å². The molecule has 4 N–H and O–H groups in total. The van der Waals surface area contributed by atoms with Gasteiger partial charge in [0.05, 0.1) is 25.4 Å². The molecule has 0 aromatic heterocycles. The topological polar surface area (TPSA) is 222 Å². The number of amides is 4. The lowest BCUT2D eigenvalue weighted by Crippen LogP contribution is -2.49. The first-order valence-electron chi connectivity index (χ1n) is 28.2. The van der Waals surface area contributed by atoms with Gasteiger partial charge in [0, 0.05) is 25.0 Å². The van der Waals surface area contributed by atoms with Gasteiger partial charge in [0.25, 0.3) is 0 Å². The quantitative estimate of drug-likeness (QED) is 0.0253. The smallest absolute Gasteiger partial charge is 0.329 e. The van der Waals surface area contributed by atoms with Crippen LogP contribution in [0.2, 0.25) is 0 Å². The summed E-state index contributed by atoms with van der Waals surface area (Å²) >= 11 is 1.18. The lowest BCUT2D eigenvalue weighted by atomic mass is 10.0. The predicted octanol–water partition coefficient (Wildman–Crippen LogP) is 10.4. The fraction of sp³-hybridized carbons (Fsp3) is 0.857. The molecule has 17 heteroatoms. The molecule has 0 saturated heterocycles. The summed E-state index contributed by atoms with van der Waals surface area (Å²) in [6.07, 6.45) is 30.8. The van der Waals surface area contributed by atoms with Crippen LogP contribution in [0.1, 0.15) is 248 Å². The third kappa shape index (κ3) is 47.6. The van der Waals surface area contributed by atoms with Crippen molar-refractivity contribution in [3.63, 3.8) is 0 Å². The Bertz CT molecular complexity index is 1530. The van der Waals surface area contributed by atoms with Crippen molar-refractivity contribution in [2.24, 2.45) is 0 Å². The molecule has 0 radical (unpaired) electrons. The fourth-order valence-electron chi connectivity index (χ4n) is 7.71. The van der Waals surface area contributed by atoms with Crippen molar-refractivity contribution < 1.29 is 57.3 Å². The summed E-state index contributed by atoms with van der Waals surface area (Å²) in [5, 5.41) is 9.70. The molecule has 0 fully saturated rings. The van der Waals surface area contributed by atoms with Gasteiger partial charge in [-0.2, -0.15) is 0 Å². The Kier molecular flexibility index (Phi) is 42.0. The number of hydrogen-bond donors (Lipinski definition) is 4. The number of esters is 4. The van der Waals surface area contributed by atoms with Crippen molar-refractivity contribution in [2.75, 3.05) is 37.7 Å². The van der Waals surface area contributed by atoms with Gasteiger partial charge in [-0.05, 0) is 60.8 Å². The second-order valence-corrected chi connectivity index (χ2v) is 22.4. The maximum atomic E-state index is 12.9. The van der Waals surface area contributed by atoms with E-state index >= 15 is 0 Å². The maximum absolute atomic E-state index is 12.9. The van der Waals surface area contributed by atoms with E-state index in [0.29, 0.717) is 12.8 Å². The highest BCUT2D eigenvalue weighted by atomic mass is 32.2. The van der Waals surface area contributed by atoms with Crippen LogP contribution >= 0.6 is 11.8 Å². The fourth-order valence-corrected chi connectivity index (χ4v) is 8.54. The van der Waals surface area contributed by atoms with Crippen LogP contribution in [0.5, 0.6) is 0 Å². The number of hydrogen-bond acceptors (Lipinski definition) is 13. The zero-order valence-corrected chi connectivity index (χ0v) is 47.7. The zero-order valence-electron chi connectivity index (χ0n) is 46.9. The molecular formula is C56H102N4O12S. The summed E-state index contributed by atoms with van der Waals surface area (Å²) in [6.45, 7) is 13.1. The summed E-state index contributed by atoms with van der Waals surface area (Å²) in [6, 6.07) is -1.18. The Morgan fingerprint density at radius 3 is 1.25 bits per heavy atom. The third-order valence-corrected chi connectivity index (χ3v) is 12.7. The molecule has 0 bridgehead atoms. The number of ether oxygens (including phenoxy) is 4. The van der Waals surface area contributed by atoms with Crippen LogP contribution in [0, 0.1) is 0 Å². The Balaban J connectivity index is 4.83. The van der Waals surface area contributed by atoms with Crippen LogP contribution in [0.4, 0.5) is 0 Å². The van der Waals surface area contributed by atoms with Gasteiger partial charge in [-0.3, -0.25) is 33.6 Å². The number of nitrogens with one attached hydrogen (secondary N) is 4. The summed E-state index contributed by atoms with van der Waals surface area (Å²) in [5.74, 6) is -4.43.